The normalized spacial score (nSPS) is 19.7. The van der Waals surface area contributed by atoms with E-state index in [4.69, 9.17) is 0 Å². The van der Waals surface area contributed by atoms with Crippen LogP contribution in [0.3, 0.4) is 0 Å². The molecule has 2 aromatic rings. The van der Waals surface area contributed by atoms with Crippen molar-refractivity contribution in [2.24, 2.45) is 5.92 Å². The summed E-state index contributed by atoms with van der Waals surface area (Å²) in [6, 6.07) is 15.5. The van der Waals surface area contributed by atoms with E-state index in [1.165, 1.54) is 10.8 Å². The fraction of sp³-hybridized carbons (Fsp3) is 0.385. The molecule has 0 radical (unpaired) electrons. The molecule has 154 valence electrons. The van der Waals surface area contributed by atoms with E-state index in [1.54, 1.807) is 0 Å². The van der Waals surface area contributed by atoms with Crippen molar-refractivity contribution in [2.75, 3.05) is 0 Å². The first-order chi connectivity index (χ1) is 13.7. The molecule has 3 heteroatoms. The van der Waals surface area contributed by atoms with Crippen molar-refractivity contribution in [3.63, 3.8) is 0 Å². The van der Waals surface area contributed by atoms with Gasteiger partial charge in [0.2, 0.25) is 0 Å². The molecule has 0 saturated carbocycles. The molecule has 0 fully saturated rings. The van der Waals surface area contributed by atoms with E-state index in [2.05, 4.69) is 63.0 Å². The van der Waals surface area contributed by atoms with E-state index in [-0.39, 0.29) is 23.3 Å². The van der Waals surface area contributed by atoms with Gasteiger partial charge in [-0.25, -0.2) is 0 Å². The SMILES string of the molecule is C=C(C)[C@H]1CCC(C)=C[C@@H]1c1c(O)cc(CC[Si](C)(C)c2ccccc2)cc1O. The zero-order chi connectivity index (χ0) is 21.2. The zero-order valence-corrected chi connectivity index (χ0v) is 19.2. The number of aryl methyl sites for hydroxylation is 1. The summed E-state index contributed by atoms with van der Waals surface area (Å²) in [5.74, 6) is 0.666. The van der Waals surface area contributed by atoms with Crippen LogP contribution in [-0.2, 0) is 6.42 Å². The molecule has 0 unspecified atom stereocenters. The highest BCUT2D eigenvalue weighted by Crippen LogP contribution is 2.46. The van der Waals surface area contributed by atoms with E-state index >= 15 is 0 Å². The molecule has 2 aromatic carbocycles. The van der Waals surface area contributed by atoms with E-state index in [0.29, 0.717) is 5.56 Å². The summed E-state index contributed by atoms with van der Waals surface area (Å²) in [6.07, 6.45) is 5.12. The standard InChI is InChI=1S/C26H34O2Si/c1-18(2)22-12-11-19(3)15-23(22)26-24(27)16-20(17-25(26)28)13-14-29(4,5)21-9-7-6-8-10-21/h6-10,15-17,22-23,27-28H,1,11-14H2,2-5H3/t22-,23+/m1/s1. The molecule has 0 spiro atoms. The van der Waals surface area contributed by atoms with Crippen molar-refractivity contribution in [1.29, 1.82) is 0 Å². The average molecular weight is 407 g/mol. The van der Waals surface area contributed by atoms with Crippen molar-refractivity contribution in [3.05, 3.63) is 77.4 Å². The Morgan fingerprint density at radius 3 is 2.31 bits per heavy atom. The third kappa shape index (κ3) is 4.84. The van der Waals surface area contributed by atoms with Crippen LogP contribution < -0.4 is 5.19 Å². The number of hydrogen-bond donors (Lipinski definition) is 2. The van der Waals surface area contributed by atoms with Gasteiger partial charge in [0.25, 0.3) is 0 Å². The van der Waals surface area contributed by atoms with Gasteiger partial charge < -0.3 is 10.2 Å². The second kappa shape index (κ2) is 8.62. The number of phenolic OH excluding ortho intramolecular Hbond substituents is 2. The average Bonchev–Trinajstić information content (AvgIpc) is 2.66. The highest BCUT2D eigenvalue weighted by molar-refractivity contribution is 6.89. The van der Waals surface area contributed by atoms with Crippen LogP contribution in [0.1, 0.15) is 43.7 Å². The molecule has 0 heterocycles. The maximum atomic E-state index is 10.8. The third-order valence-electron chi connectivity index (χ3n) is 6.50. The van der Waals surface area contributed by atoms with Crippen molar-refractivity contribution in [2.45, 2.75) is 58.2 Å². The van der Waals surface area contributed by atoms with Crippen molar-refractivity contribution in [3.8, 4) is 11.5 Å². The smallest absolute Gasteiger partial charge is 0.123 e. The Balaban J connectivity index is 1.84. The number of benzene rings is 2. The Bertz CT molecular complexity index is 889. The minimum Gasteiger partial charge on any atom is -0.507 e. The predicted molar refractivity (Wildman–Crippen MR) is 126 cm³/mol. The second-order valence-corrected chi connectivity index (χ2v) is 14.2. The topological polar surface area (TPSA) is 40.5 Å². The molecule has 0 saturated heterocycles. The first-order valence-corrected chi connectivity index (χ1v) is 13.8. The van der Waals surface area contributed by atoms with Crippen LogP contribution in [0, 0.1) is 5.92 Å². The van der Waals surface area contributed by atoms with Gasteiger partial charge in [0.15, 0.2) is 0 Å². The van der Waals surface area contributed by atoms with Gasteiger partial charge in [-0.15, -0.1) is 0 Å². The van der Waals surface area contributed by atoms with Gasteiger partial charge in [-0.2, -0.15) is 0 Å². The number of allylic oxidation sites excluding steroid dienone is 3. The van der Waals surface area contributed by atoms with Crippen LogP contribution in [0.2, 0.25) is 19.1 Å². The Hall–Kier alpha value is -2.26. The molecule has 3 rings (SSSR count). The molecule has 29 heavy (non-hydrogen) atoms. The minimum atomic E-state index is -1.56. The lowest BCUT2D eigenvalue weighted by Gasteiger charge is -2.31. The first-order valence-electron chi connectivity index (χ1n) is 10.6. The van der Waals surface area contributed by atoms with Crippen LogP contribution in [0.4, 0.5) is 0 Å². The second-order valence-electron chi connectivity index (χ2n) is 9.33. The molecule has 0 amide bonds. The van der Waals surface area contributed by atoms with Gasteiger partial charge >= 0.3 is 0 Å². The maximum absolute atomic E-state index is 10.8. The van der Waals surface area contributed by atoms with E-state index in [1.807, 2.05) is 19.1 Å². The molecule has 2 nitrogen and oxygen atoms in total. The molecular formula is C26H34O2Si. The number of aromatic hydroxyl groups is 2. The summed E-state index contributed by atoms with van der Waals surface area (Å²) < 4.78 is 0. The molecular weight excluding hydrogens is 372 g/mol. The number of rotatable bonds is 6. The third-order valence-corrected chi connectivity index (χ3v) is 9.90. The summed E-state index contributed by atoms with van der Waals surface area (Å²) >= 11 is 0. The number of phenols is 2. The van der Waals surface area contributed by atoms with Gasteiger partial charge in [0.05, 0.1) is 8.07 Å². The van der Waals surface area contributed by atoms with Crippen molar-refractivity contribution < 1.29 is 10.2 Å². The zero-order valence-electron chi connectivity index (χ0n) is 18.2. The fourth-order valence-electron chi connectivity index (χ4n) is 4.56. The highest BCUT2D eigenvalue weighted by Gasteiger charge is 2.30. The van der Waals surface area contributed by atoms with Crippen LogP contribution in [-0.4, -0.2) is 18.3 Å². The molecule has 0 aliphatic heterocycles. The van der Waals surface area contributed by atoms with Gasteiger partial charge in [-0.05, 0) is 62.8 Å². The number of hydrogen-bond acceptors (Lipinski definition) is 2. The summed E-state index contributed by atoms with van der Waals surface area (Å²) in [5.41, 5.74) is 4.08. The lowest BCUT2D eigenvalue weighted by atomic mass is 9.73. The quantitative estimate of drug-likeness (QED) is 0.438. The summed E-state index contributed by atoms with van der Waals surface area (Å²) in [4.78, 5) is 0. The lowest BCUT2D eigenvalue weighted by Crippen LogP contribution is -2.41. The van der Waals surface area contributed by atoms with Gasteiger partial charge in [-0.1, -0.05) is 72.4 Å². The van der Waals surface area contributed by atoms with Crippen molar-refractivity contribution >= 4 is 13.3 Å². The van der Waals surface area contributed by atoms with Crippen molar-refractivity contribution in [1.82, 2.24) is 0 Å². The summed E-state index contributed by atoms with van der Waals surface area (Å²) in [7, 11) is -1.56. The molecule has 2 N–H and O–H groups in total. The molecule has 1 aliphatic carbocycles. The van der Waals surface area contributed by atoms with E-state index in [9.17, 15) is 10.2 Å². The summed E-state index contributed by atoms with van der Waals surface area (Å²) in [5, 5.41) is 23.1. The molecule has 2 atom stereocenters. The first kappa shape index (κ1) is 21.4. The van der Waals surface area contributed by atoms with Crippen LogP contribution in [0.15, 0.2) is 66.3 Å². The Labute approximate surface area is 176 Å². The maximum Gasteiger partial charge on any atom is 0.123 e. The van der Waals surface area contributed by atoms with Gasteiger partial charge in [-0.3, -0.25) is 0 Å². The Morgan fingerprint density at radius 1 is 1.10 bits per heavy atom. The molecule has 0 aromatic heterocycles. The van der Waals surface area contributed by atoms with E-state index < -0.39 is 8.07 Å². The fourth-order valence-corrected chi connectivity index (χ4v) is 6.86. The minimum absolute atomic E-state index is 0.00886. The largest absolute Gasteiger partial charge is 0.507 e. The Morgan fingerprint density at radius 2 is 1.72 bits per heavy atom. The molecule has 1 aliphatic rings. The van der Waals surface area contributed by atoms with E-state index in [0.717, 1.165) is 36.4 Å². The molecule has 0 bridgehead atoms. The van der Waals surface area contributed by atoms with Crippen LogP contribution in [0.5, 0.6) is 11.5 Å². The Kier molecular flexibility index (Phi) is 6.38. The highest BCUT2D eigenvalue weighted by atomic mass is 28.3. The van der Waals surface area contributed by atoms with Crippen LogP contribution in [0.25, 0.3) is 0 Å². The lowest BCUT2D eigenvalue weighted by molar-refractivity contribution is 0.406. The summed E-state index contributed by atoms with van der Waals surface area (Å²) in [6.45, 7) is 13.1. The monoisotopic (exact) mass is 406 g/mol. The predicted octanol–water partition coefficient (Wildman–Crippen LogP) is 6.27. The van der Waals surface area contributed by atoms with Crippen LogP contribution >= 0.6 is 0 Å². The van der Waals surface area contributed by atoms with Gasteiger partial charge in [0, 0.05) is 11.5 Å². The van der Waals surface area contributed by atoms with Gasteiger partial charge in [0.1, 0.15) is 11.5 Å².